The third kappa shape index (κ3) is 6.06. The lowest BCUT2D eigenvalue weighted by atomic mass is 9.61. The molecule has 192 valence electrons. The van der Waals surface area contributed by atoms with Crippen molar-refractivity contribution in [3.63, 3.8) is 0 Å². The fourth-order valence-electron chi connectivity index (χ4n) is 5.02. The highest BCUT2D eigenvalue weighted by Gasteiger charge is 2.55. The van der Waals surface area contributed by atoms with Crippen molar-refractivity contribution in [2.24, 2.45) is 11.8 Å². The fraction of sp³-hybridized carbons (Fsp3) is 0.300. The molecule has 1 aliphatic rings. The number of benzene rings is 3. The molecule has 1 aliphatic carbocycles. The summed E-state index contributed by atoms with van der Waals surface area (Å²) in [5.41, 5.74) is 0.0233. The molecule has 0 heterocycles. The first-order chi connectivity index (χ1) is 17.7. The van der Waals surface area contributed by atoms with Crippen LogP contribution in [0.15, 0.2) is 84.9 Å². The second kappa shape index (κ2) is 11.0. The molecule has 0 radical (unpaired) electrons. The van der Waals surface area contributed by atoms with Crippen molar-refractivity contribution >= 4 is 29.0 Å². The lowest BCUT2D eigenvalue weighted by Gasteiger charge is -2.44. The van der Waals surface area contributed by atoms with Crippen molar-refractivity contribution in [1.29, 1.82) is 0 Å². The maximum atomic E-state index is 13.7. The highest BCUT2D eigenvalue weighted by molar-refractivity contribution is 6.10. The van der Waals surface area contributed by atoms with E-state index in [0.29, 0.717) is 22.7 Å². The van der Waals surface area contributed by atoms with Gasteiger partial charge in [0.1, 0.15) is 17.5 Å². The Kier molecular flexibility index (Phi) is 7.74. The number of nitrogens with one attached hydrogen (secondary N) is 2. The molecule has 0 aliphatic heterocycles. The molecule has 4 unspecified atom stereocenters. The Morgan fingerprint density at radius 1 is 0.865 bits per heavy atom. The zero-order chi connectivity index (χ0) is 26.6. The predicted molar refractivity (Wildman–Crippen MR) is 142 cm³/mol. The van der Waals surface area contributed by atoms with E-state index < -0.39 is 41.0 Å². The number of carbonyl (C=O) groups excluding carboxylic acids is 3. The van der Waals surface area contributed by atoms with Crippen molar-refractivity contribution in [3.05, 3.63) is 90.5 Å². The summed E-state index contributed by atoms with van der Waals surface area (Å²) in [4.78, 5) is 40.6. The first kappa shape index (κ1) is 26.1. The van der Waals surface area contributed by atoms with Crippen LogP contribution in [0.25, 0.3) is 0 Å². The lowest BCUT2D eigenvalue weighted by Crippen LogP contribution is -2.56. The topological polar surface area (TPSA) is 105 Å². The average molecular weight is 501 g/mol. The van der Waals surface area contributed by atoms with Crippen molar-refractivity contribution in [2.75, 3.05) is 10.6 Å². The van der Waals surface area contributed by atoms with Crippen LogP contribution < -0.4 is 15.4 Å². The van der Waals surface area contributed by atoms with Crippen molar-refractivity contribution < 1.29 is 24.2 Å². The van der Waals surface area contributed by atoms with E-state index in [1.807, 2.05) is 26.0 Å². The maximum Gasteiger partial charge on any atom is 0.235 e. The lowest BCUT2D eigenvalue weighted by molar-refractivity contribution is -0.150. The molecule has 0 saturated heterocycles. The average Bonchev–Trinajstić information content (AvgIpc) is 2.84. The molecular weight excluding hydrogens is 468 g/mol. The van der Waals surface area contributed by atoms with Gasteiger partial charge in [-0.25, -0.2) is 0 Å². The molecule has 3 aromatic rings. The molecule has 0 bridgehead atoms. The molecule has 0 spiro atoms. The van der Waals surface area contributed by atoms with Gasteiger partial charge in [0.2, 0.25) is 11.8 Å². The molecule has 7 nitrogen and oxygen atoms in total. The molecule has 3 N–H and O–H groups in total. The fourth-order valence-corrected chi connectivity index (χ4v) is 5.02. The van der Waals surface area contributed by atoms with Crippen molar-refractivity contribution in [3.8, 4) is 5.75 Å². The van der Waals surface area contributed by atoms with E-state index in [1.165, 1.54) is 6.92 Å². The number of amides is 2. The Balaban J connectivity index is 1.76. The molecule has 7 heteroatoms. The first-order valence-electron chi connectivity index (χ1n) is 12.4. The van der Waals surface area contributed by atoms with Gasteiger partial charge in [0, 0.05) is 23.7 Å². The van der Waals surface area contributed by atoms with Gasteiger partial charge in [-0.05, 0) is 62.7 Å². The highest BCUT2D eigenvalue weighted by atomic mass is 16.5. The number of ketones is 1. The van der Waals surface area contributed by atoms with E-state index in [2.05, 4.69) is 10.6 Å². The van der Waals surface area contributed by atoms with E-state index in [0.717, 1.165) is 0 Å². The molecule has 4 atom stereocenters. The summed E-state index contributed by atoms with van der Waals surface area (Å²) in [5.74, 6) is -3.93. The van der Waals surface area contributed by atoms with E-state index in [1.54, 1.807) is 72.8 Å². The molecular formula is C30H32N2O5. The number of hydrogen-bond acceptors (Lipinski definition) is 5. The van der Waals surface area contributed by atoms with Crippen molar-refractivity contribution in [1.82, 2.24) is 0 Å². The summed E-state index contributed by atoms with van der Waals surface area (Å²) in [7, 11) is 0. The molecule has 1 fully saturated rings. The van der Waals surface area contributed by atoms with Crippen LogP contribution in [0, 0.1) is 11.8 Å². The number of anilines is 2. The zero-order valence-corrected chi connectivity index (χ0v) is 21.2. The smallest absolute Gasteiger partial charge is 0.235 e. The second-order valence-corrected chi connectivity index (χ2v) is 9.93. The summed E-state index contributed by atoms with van der Waals surface area (Å²) in [6.45, 7) is 5.31. The van der Waals surface area contributed by atoms with Crippen LogP contribution in [-0.2, 0) is 14.4 Å². The van der Waals surface area contributed by atoms with Crippen LogP contribution >= 0.6 is 0 Å². The van der Waals surface area contributed by atoms with E-state index in [9.17, 15) is 19.5 Å². The van der Waals surface area contributed by atoms with Crippen LogP contribution in [0.4, 0.5) is 11.4 Å². The number of rotatable bonds is 7. The number of carbonyl (C=O) groups is 3. The van der Waals surface area contributed by atoms with Crippen LogP contribution in [0.5, 0.6) is 5.75 Å². The summed E-state index contributed by atoms with van der Waals surface area (Å²) in [6.07, 6.45) is -0.353. The van der Waals surface area contributed by atoms with Gasteiger partial charge in [0.15, 0.2) is 0 Å². The van der Waals surface area contributed by atoms with Gasteiger partial charge >= 0.3 is 0 Å². The Morgan fingerprint density at radius 2 is 1.38 bits per heavy atom. The summed E-state index contributed by atoms with van der Waals surface area (Å²) < 4.78 is 5.75. The summed E-state index contributed by atoms with van der Waals surface area (Å²) >= 11 is 0. The Bertz CT molecular complexity index is 1240. The minimum atomic E-state index is -1.67. The van der Waals surface area contributed by atoms with Gasteiger partial charge in [0.05, 0.1) is 17.6 Å². The van der Waals surface area contributed by atoms with Gasteiger partial charge < -0.3 is 20.5 Å². The molecule has 1 saturated carbocycles. The number of aliphatic hydroxyl groups is 1. The molecule has 3 aromatic carbocycles. The van der Waals surface area contributed by atoms with Crippen molar-refractivity contribution in [2.45, 2.75) is 44.8 Å². The van der Waals surface area contributed by atoms with Gasteiger partial charge in [-0.2, -0.15) is 0 Å². The second-order valence-electron chi connectivity index (χ2n) is 9.93. The van der Waals surface area contributed by atoms with Gasteiger partial charge in [-0.1, -0.05) is 48.5 Å². The molecule has 37 heavy (non-hydrogen) atoms. The largest absolute Gasteiger partial charge is 0.491 e. The summed E-state index contributed by atoms with van der Waals surface area (Å²) in [5, 5.41) is 17.1. The monoisotopic (exact) mass is 500 g/mol. The maximum absolute atomic E-state index is 13.7. The number of ether oxygens (including phenoxy) is 1. The molecule has 4 rings (SSSR count). The minimum absolute atomic E-state index is 0.0309. The van der Waals surface area contributed by atoms with Gasteiger partial charge in [-0.15, -0.1) is 0 Å². The Morgan fingerprint density at radius 3 is 1.89 bits per heavy atom. The number of hydrogen-bond donors (Lipinski definition) is 3. The van der Waals surface area contributed by atoms with Crippen LogP contribution in [0.3, 0.4) is 0 Å². The third-order valence-corrected chi connectivity index (χ3v) is 6.55. The predicted octanol–water partition coefficient (Wildman–Crippen LogP) is 4.79. The summed E-state index contributed by atoms with van der Waals surface area (Å²) in [6, 6.07) is 24.8. The normalized spacial score (nSPS) is 23.4. The zero-order valence-electron chi connectivity index (χ0n) is 21.2. The van der Waals surface area contributed by atoms with Crippen LogP contribution in [0.2, 0.25) is 0 Å². The molecule has 0 aromatic heterocycles. The van der Waals surface area contributed by atoms with E-state index in [-0.39, 0.29) is 12.5 Å². The quantitative estimate of drug-likeness (QED) is 0.405. The van der Waals surface area contributed by atoms with E-state index >= 15 is 0 Å². The van der Waals surface area contributed by atoms with Crippen LogP contribution in [0.1, 0.15) is 38.7 Å². The Labute approximate surface area is 216 Å². The van der Waals surface area contributed by atoms with E-state index in [4.69, 9.17) is 4.74 Å². The van der Waals surface area contributed by atoms with Gasteiger partial charge in [-0.3, -0.25) is 14.4 Å². The van der Waals surface area contributed by atoms with Gasteiger partial charge in [0.25, 0.3) is 0 Å². The number of Topliss-reactive ketones (excluding diaryl/α,β-unsaturated/α-hetero) is 1. The van der Waals surface area contributed by atoms with Crippen LogP contribution in [-0.4, -0.2) is 34.4 Å². The third-order valence-electron chi connectivity index (χ3n) is 6.55. The highest BCUT2D eigenvalue weighted by Crippen LogP contribution is 2.47. The minimum Gasteiger partial charge on any atom is -0.491 e. The number of para-hydroxylation sites is 2. The SMILES string of the molecule is CC(C)Oc1ccc(C2C(C(=O)Nc3ccccc3)C(=O)CC(C)(O)C2C(=O)Nc2ccccc2)cc1. The molecule has 2 amide bonds. The standard InChI is InChI=1S/C30H32N2O5/c1-19(2)37-23-16-14-20(15-17-23)25-26(28(34)31-21-10-6-4-7-11-21)24(33)18-30(3,36)27(25)29(35)32-22-12-8-5-9-13-22/h4-17,19,25-27,36H,18H2,1-3H3,(H,31,34)(H,32,35). The first-order valence-corrected chi connectivity index (χ1v) is 12.4. The Hall–Kier alpha value is -3.97.